The van der Waals surface area contributed by atoms with E-state index < -0.39 is 12.1 Å². The zero-order valence-electron chi connectivity index (χ0n) is 10.8. The van der Waals surface area contributed by atoms with Crippen molar-refractivity contribution in [3.8, 4) is 0 Å². The number of aromatic amines is 1. The molecule has 3 N–H and O–H groups in total. The maximum atomic E-state index is 12.5. The van der Waals surface area contributed by atoms with Crippen LogP contribution in [0.4, 0.5) is 4.79 Å². The van der Waals surface area contributed by atoms with Crippen molar-refractivity contribution >= 4 is 22.7 Å². The van der Waals surface area contributed by atoms with Crippen molar-refractivity contribution < 1.29 is 9.59 Å². The number of carbonyl (C=O) groups is 2. The standard InChI is InChI=1S/C14H15N4O2/c15-14(20)18-6-5-16-8-12(18)13(19)11-7-9-3-1-2-4-10(9)17-11/h1-4,7,12,15-17H,5-6,8H2. The maximum absolute atomic E-state index is 12.5. The summed E-state index contributed by atoms with van der Waals surface area (Å²) in [6.45, 7) is 1.39. The minimum Gasteiger partial charge on any atom is -0.352 e. The third-order valence-electron chi connectivity index (χ3n) is 3.60. The van der Waals surface area contributed by atoms with Crippen LogP contribution in [0.2, 0.25) is 0 Å². The second-order valence-corrected chi connectivity index (χ2v) is 4.85. The Morgan fingerprint density at radius 2 is 2.10 bits per heavy atom. The van der Waals surface area contributed by atoms with Gasteiger partial charge in [0.2, 0.25) is 5.78 Å². The summed E-state index contributed by atoms with van der Waals surface area (Å²) in [5.74, 6) is -0.158. The van der Waals surface area contributed by atoms with Crippen LogP contribution in [0.5, 0.6) is 0 Å². The van der Waals surface area contributed by atoms with Gasteiger partial charge < -0.3 is 15.2 Å². The molecule has 103 valence electrons. The fourth-order valence-electron chi connectivity index (χ4n) is 2.57. The van der Waals surface area contributed by atoms with E-state index >= 15 is 0 Å². The number of urea groups is 1. The fourth-order valence-corrected chi connectivity index (χ4v) is 2.57. The van der Waals surface area contributed by atoms with E-state index in [1.165, 1.54) is 4.90 Å². The van der Waals surface area contributed by atoms with Crippen molar-refractivity contribution in [2.75, 3.05) is 19.6 Å². The van der Waals surface area contributed by atoms with Crippen LogP contribution < -0.4 is 11.1 Å². The van der Waals surface area contributed by atoms with Gasteiger partial charge in [0.05, 0.1) is 5.69 Å². The van der Waals surface area contributed by atoms with E-state index in [0.717, 1.165) is 10.9 Å². The topological polar surface area (TPSA) is 89.0 Å². The quantitative estimate of drug-likeness (QED) is 0.799. The fraction of sp³-hybridized carbons (Fsp3) is 0.286. The summed E-state index contributed by atoms with van der Waals surface area (Å²) in [5, 5.41) is 4.05. The minimum atomic E-state index is -0.805. The average Bonchev–Trinajstić information content (AvgIpc) is 2.90. The molecule has 0 spiro atoms. The van der Waals surface area contributed by atoms with Crippen molar-refractivity contribution in [1.29, 1.82) is 0 Å². The van der Waals surface area contributed by atoms with Crippen molar-refractivity contribution in [1.82, 2.24) is 20.9 Å². The molecule has 6 heteroatoms. The number of rotatable bonds is 2. The van der Waals surface area contributed by atoms with Gasteiger partial charge in [-0.25, -0.2) is 10.5 Å². The van der Waals surface area contributed by atoms with Gasteiger partial charge in [-0.15, -0.1) is 0 Å². The summed E-state index contributed by atoms with van der Waals surface area (Å²) in [5.41, 5.74) is 8.63. The number of ketones is 1. The van der Waals surface area contributed by atoms with E-state index in [1.807, 2.05) is 24.3 Å². The molecule has 2 amide bonds. The lowest BCUT2D eigenvalue weighted by Crippen LogP contribution is -2.57. The number of carbonyl (C=O) groups excluding carboxylic acids is 2. The third-order valence-corrected chi connectivity index (χ3v) is 3.60. The smallest absolute Gasteiger partial charge is 0.336 e. The highest BCUT2D eigenvalue weighted by Gasteiger charge is 2.32. The van der Waals surface area contributed by atoms with E-state index in [-0.39, 0.29) is 5.78 Å². The molecule has 1 radical (unpaired) electrons. The van der Waals surface area contributed by atoms with Gasteiger partial charge in [0.15, 0.2) is 0 Å². The van der Waals surface area contributed by atoms with E-state index in [0.29, 0.717) is 25.3 Å². The van der Waals surface area contributed by atoms with Crippen LogP contribution in [0.25, 0.3) is 10.9 Å². The number of para-hydroxylation sites is 1. The summed E-state index contributed by atoms with van der Waals surface area (Å²) in [4.78, 5) is 28.2. The summed E-state index contributed by atoms with van der Waals surface area (Å²) >= 11 is 0. The van der Waals surface area contributed by atoms with Crippen LogP contribution in [0.15, 0.2) is 30.3 Å². The highest BCUT2D eigenvalue weighted by molar-refractivity contribution is 6.04. The van der Waals surface area contributed by atoms with Crippen LogP contribution in [-0.4, -0.2) is 47.4 Å². The third kappa shape index (κ3) is 2.14. The molecule has 0 aliphatic carbocycles. The number of benzene rings is 1. The molecule has 0 saturated carbocycles. The lowest BCUT2D eigenvalue weighted by molar-refractivity contribution is 0.0819. The number of aromatic nitrogens is 1. The zero-order chi connectivity index (χ0) is 14.1. The van der Waals surface area contributed by atoms with Crippen LogP contribution in [0.3, 0.4) is 0 Å². The van der Waals surface area contributed by atoms with Crippen molar-refractivity contribution in [3.05, 3.63) is 36.0 Å². The monoisotopic (exact) mass is 271 g/mol. The van der Waals surface area contributed by atoms with Gasteiger partial charge >= 0.3 is 6.03 Å². The Morgan fingerprint density at radius 3 is 2.85 bits per heavy atom. The number of Topliss-reactive ketones (excluding diaryl/α,β-unsaturated/α-hetero) is 1. The van der Waals surface area contributed by atoms with Crippen LogP contribution in [0.1, 0.15) is 10.5 Å². The molecule has 6 nitrogen and oxygen atoms in total. The highest BCUT2D eigenvalue weighted by atomic mass is 16.2. The molecule has 1 aromatic carbocycles. The largest absolute Gasteiger partial charge is 0.352 e. The molecule has 3 rings (SSSR count). The second kappa shape index (κ2) is 4.97. The number of amides is 2. The van der Waals surface area contributed by atoms with Crippen LogP contribution >= 0.6 is 0 Å². The molecule has 1 saturated heterocycles. The molecule has 0 bridgehead atoms. The molecular weight excluding hydrogens is 256 g/mol. The number of hydrogen-bond acceptors (Lipinski definition) is 3. The molecule has 1 atom stereocenters. The molecule has 1 fully saturated rings. The number of piperazine rings is 1. The zero-order valence-corrected chi connectivity index (χ0v) is 10.8. The lowest BCUT2D eigenvalue weighted by atomic mass is 10.1. The lowest BCUT2D eigenvalue weighted by Gasteiger charge is -2.33. The van der Waals surface area contributed by atoms with Gasteiger partial charge in [0.1, 0.15) is 6.04 Å². The molecule has 2 heterocycles. The first-order chi connectivity index (χ1) is 9.66. The Balaban J connectivity index is 1.92. The first-order valence-corrected chi connectivity index (χ1v) is 6.52. The van der Waals surface area contributed by atoms with Gasteiger partial charge in [-0.05, 0) is 12.1 Å². The van der Waals surface area contributed by atoms with Gasteiger partial charge in [0, 0.05) is 30.5 Å². The first-order valence-electron chi connectivity index (χ1n) is 6.52. The normalized spacial score (nSPS) is 19.2. The number of nitrogens with zero attached hydrogens (tertiary/aromatic N) is 1. The molecule has 1 aliphatic heterocycles. The summed E-state index contributed by atoms with van der Waals surface area (Å²) in [7, 11) is 0. The van der Waals surface area contributed by atoms with Crippen molar-refractivity contribution in [2.24, 2.45) is 0 Å². The predicted octanol–water partition coefficient (Wildman–Crippen LogP) is 1.03. The van der Waals surface area contributed by atoms with Gasteiger partial charge in [0.25, 0.3) is 0 Å². The summed E-state index contributed by atoms with van der Waals surface area (Å²) in [6.07, 6.45) is 0. The Morgan fingerprint density at radius 1 is 1.30 bits per heavy atom. The Labute approximate surface area is 115 Å². The first kappa shape index (κ1) is 12.7. The second-order valence-electron chi connectivity index (χ2n) is 4.85. The van der Waals surface area contributed by atoms with E-state index in [9.17, 15) is 9.59 Å². The Kier molecular flexibility index (Phi) is 3.15. The van der Waals surface area contributed by atoms with Gasteiger partial charge in [-0.3, -0.25) is 4.79 Å². The Hall–Kier alpha value is -2.34. The molecule has 20 heavy (non-hydrogen) atoms. The minimum absolute atomic E-state index is 0.158. The van der Waals surface area contributed by atoms with Crippen LogP contribution in [0, 0.1) is 0 Å². The van der Waals surface area contributed by atoms with Gasteiger partial charge in [-0.1, -0.05) is 18.2 Å². The summed E-state index contributed by atoms with van der Waals surface area (Å²) < 4.78 is 0. The van der Waals surface area contributed by atoms with E-state index in [1.54, 1.807) is 6.07 Å². The molecular formula is C14H15N4O2. The number of nitrogens with one attached hydrogen (secondary N) is 3. The van der Waals surface area contributed by atoms with Crippen molar-refractivity contribution in [3.63, 3.8) is 0 Å². The average molecular weight is 271 g/mol. The number of H-pyrrole nitrogens is 1. The predicted molar refractivity (Wildman–Crippen MR) is 74.5 cm³/mol. The van der Waals surface area contributed by atoms with Gasteiger partial charge in [-0.2, -0.15) is 0 Å². The SMILES string of the molecule is [NH]C(=O)N1CCNCC1C(=O)c1cc2ccccc2[nH]1. The Bertz CT molecular complexity index is 631. The van der Waals surface area contributed by atoms with Crippen molar-refractivity contribution in [2.45, 2.75) is 6.04 Å². The number of hydrogen-bond donors (Lipinski definition) is 2. The van der Waals surface area contributed by atoms with E-state index in [4.69, 9.17) is 5.73 Å². The summed E-state index contributed by atoms with van der Waals surface area (Å²) in [6, 6.07) is 8.01. The number of fused-ring (bicyclic) bond motifs is 1. The van der Waals surface area contributed by atoms with Crippen LogP contribution in [-0.2, 0) is 0 Å². The highest BCUT2D eigenvalue weighted by Crippen LogP contribution is 2.18. The maximum Gasteiger partial charge on any atom is 0.336 e. The molecule has 2 aromatic rings. The van der Waals surface area contributed by atoms with E-state index in [2.05, 4.69) is 10.3 Å². The molecule has 1 unspecified atom stereocenters. The molecule has 1 aromatic heterocycles. The molecule has 1 aliphatic rings.